The van der Waals surface area contributed by atoms with Gasteiger partial charge in [0.1, 0.15) is 0 Å². The molecule has 0 aromatic carbocycles. The summed E-state index contributed by atoms with van der Waals surface area (Å²) in [5.74, 6) is 0. The minimum absolute atomic E-state index is 1.15. The zero-order valence-corrected chi connectivity index (χ0v) is 11.4. The average molecular weight is 261 g/mol. The van der Waals surface area contributed by atoms with Crippen LogP contribution in [0, 0.1) is 0 Å². The fraction of sp³-hybridized carbons (Fsp3) is 0.846. The summed E-state index contributed by atoms with van der Waals surface area (Å²) in [4.78, 5) is 0. The predicted molar refractivity (Wildman–Crippen MR) is 69.9 cm³/mol. The van der Waals surface area contributed by atoms with Crippen LogP contribution in [-0.4, -0.2) is 0 Å². The van der Waals surface area contributed by atoms with E-state index in [-0.39, 0.29) is 0 Å². The largest absolute Gasteiger partial charge is 0.0746 e. The van der Waals surface area contributed by atoms with E-state index < -0.39 is 0 Å². The van der Waals surface area contributed by atoms with Crippen LogP contribution in [0.3, 0.4) is 0 Å². The van der Waals surface area contributed by atoms with E-state index >= 15 is 0 Å². The van der Waals surface area contributed by atoms with Crippen molar-refractivity contribution >= 4 is 15.9 Å². The second-order valence-corrected chi connectivity index (χ2v) is 4.95. The fourth-order valence-corrected chi connectivity index (χ4v) is 2.18. The second-order valence-electron chi connectivity index (χ2n) is 3.93. The Hall–Kier alpha value is 0.220. The first-order chi connectivity index (χ1) is 6.81. The quantitative estimate of drug-likeness (QED) is 0.459. The Labute approximate surface area is 98.3 Å². The highest BCUT2D eigenvalue weighted by molar-refractivity contribution is 9.11. The molecule has 0 spiro atoms. The van der Waals surface area contributed by atoms with Crippen LogP contribution in [-0.2, 0) is 0 Å². The molecule has 0 saturated heterocycles. The molecular formula is C13H25Br. The predicted octanol–water partition coefficient (Wildman–Crippen LogP) is 5.82. The van der Waals surface area contributed by atoms with Gasteiger partial charge in [0.05, 0.1) is 0 Å². The Kier molecular flexibility index (Phi) is 11.5. The number of hydrogen-bond acceptors (Lipinski definition) is 0. The van der Waals surface area contributed by atoms with Crippen molar-refractivity contribution in [3.63, 3.8) is 0 Å². The van der Waals surface area contributed by atoms with Crippen LogP contribution in [0.5, 0.6) is 0 Å². The van der Waals surface area contributed by atoms with Crippen molar-refractivity contribution in [2.75, 3.05) is 0 Å². The molecular weight excluding hydrogens is 236 g/mol. The molecule has 0 aromatic rings. The minimum atomic E-state index is 1.15. The first-order valence-electron chi connectivity index (χ1n) is 6.15. The summed E-state index contributed by atoms with van der Waals surface area (Å²) in [7, 11) is 0. The van der Waals surface area contributed by atoms with Crippen molar-refractivity contribution < 1.29 is 0 Å². The molecule has 14 heavy (non-hydrogen) atoms. The number of rotatable bonds is 9. The summed E-state index contributed by atoms with van der Waals surface area (Å²) in [6, 6.07) is 0. The van der Waals surface area contributed by atoms with Gasteiger partial charge < -0.3 is 0 Å². The third-order valence-electron chi connectivity index (χ3n) is 2.44. The molecule has 0 aliphatic rings. The molecule has 0 aliphatic heterocycles. The van der Waals surface area contributed by atoms with E-state index in [1.165, 1.54) is 55.8 Å². The second kappa shape index (κ2) is 11.3. The smallest absolute Gasteiger partial charge is 0.00893 e. The summed E-state index contributed by atoms with van der Waals surface area (Å²) in [6.45, 7) is 4.46. The van der Waals surface area contributed by atoms with Crippen molar-refractivity contribution in [3.05, 3.63) is 10.6 Å². The van der Waals surface area contributed by atoms with Crippen LogP contribution in [0.15, 0.2) is 10.6 Å². The van der Waals surface area contributed by atoms with E-state index in [0.29, 0.717) is 0 Å². The monoisotopic (exact) mass is 260 g/mol. The molecule has 0 aliphatic carbocycles. The summed E-state index contributed by atoms with van der Waals surface area (Å²) in [5, 5.41) is 0. The highest BCUT2D eigenvalue weighted by Gasteiger charge is 1.93. The molecule has 84 valence electrons. The topological polar surface area (TPSA) is 0 Å². The molecule has 0 nitrogen and oxygen atoms in total. The van der Waals surface area contributed by atoms with Gasteiger partial charge in [-0.05, 0) is 23.7 Å². The van der Waals surface area contributed by atoms with Crippen LogP contribution in [0.4, 0.5) is 0 Å². The molecule has 0 aromatic heterocycles. The Bertz CT molecular complexity index is 138. The van der Waals surface area contributed by atoms with E-state index in [1.807, 2.05) is 0 Å². The van der Waals surface area contributed by atoms with Gasteiger partial charge in [0.2, 0.25) is 0 Å². The van der Waals surface area contributed by atoms with Gasteiger partial charge in [0.15, 0.2) is 0 Å². The van der Waals surface area contributed by atoms with Crippen molar-refractivity contribution in [1.29, 1.82) is 0 Å². The maximum Gasteiger partial charge on any atom is -0.00893 e. The lowest BCUT2D eigenvalue weighted by Gasteiger charge is -2.01. The molecule has 0 bridgehead atoms. The number of allylic oxidation sites excluding steroid dienone is 2. The maximum absolute atomic E-state index is 3.59. The van der Waals surface area contributed by atoms with Gasteiger partial charge >= 0.3 is 0 Å². The Morgan fingerprint density at radius 1 is 0.929 bits per heavy atom. The Morgan fingerprint density at radius 2 is 1.50 bits per heavy atom. The molecule has 0 unspecified atom stereocenters. The van der Waals surface area contributed by atoms with Gasteiger partial charge in [-0.2, -0.15) is 0 Å². The number of unbranched alkanes of at least 4 members (excludes halogenated alkanes) is 6. The van der Waals surface area contributed by atoms with Crippen LogP contribution in [0.1, 0.15) is 71.6 Å². The third kappa shape index (κ3) is 10.3. The van der Waals surface area contributed by atoms with Crippen LogP contribution in [0.2, 0.25) is 0 Å². The van der Waals surface area contributed by atoms with Gasteiger partial charge in [-0.25, -0.2) is 0 Å². The first kappa shape index (κ1) is 14.2. The number of hydrogen-bond donors (Lipinski definition) is 0. The van der Waals surface area contributed by atoms with E-state index in [2.05, 4.69) is 35.9 Å². The lowest BCUT2D eigenvalue weighted by molar-refractivity contribution is 0.591. The third-order valence-corrected chi connectivity index (χ3v) is 3.17. The van der Waals surface area contributed by atoms with Gasteiger partial charge in [0.25, 0.3) is 0 Å². The highest BCUT2D eigenvalue weighted by atomic mass is 79.9. The van der Waals surface area contributed by atoms with Crippen LogP contribution in [0.25, 0.3) is 0 Å². The molecule has 0 rings (SSSR count). The van der Waals surface area contributed by atoms with Gasteiger partial charge in [0, 0.05) is 0 Å². The lowest BCUT2D eigenvalue weighted by Crippen LogP contribution is -1.80. The zero-order chi connectivity index (χ0) is 10.6. The standard InChI is InChI=1S/C13H25Br/c1-3-5-6-7-8-9-10-12-13(14)11-4-2/h11H,3-10,12H2,1-2H3/b13-11+. The summed E-state index contributed by atoms with van der Waals surface area (Å²) < 4.78 is 1.40. The van der Waals surface area contributed by atoms with Gasteiger partial charge in [-0.3, -0.25) is 0 Å². The normalized spacial score (nSPS) is 12.1. The highest BCUT2D eigenvalue weighted by Crippen LogP contribution is 2.16. The molecule has 0 radical (unpaired) electrons. The van der Waals surface area contributed by atoms with Crippen LogP contribution < -0.4 is 0 Å². The van der Waals surface area contributed by atoms with E-state index in [4.69, 9.17) is 0 Å². The molecule has 0 heterocycles. The van der Waals surface area contributed by atoms with E-state index in [9.17, 15) is 0 Å². The molecule has 0 atom stereocenters. The summed E-state index contributed by atoms with van der Waals surface area (Å²) >= 11 is 3.59. The van der Waals surface area contributed by atoms with Crippen molar-refractivity contribution in [2.45, 2.75) is 71.6 Å². The minimum Gasteiger partial charge on any atom is -0.0746 e. The van der Waals surface area contributed by atoms with Gasteiger partial charge in [-0.15, -0.1) is 0 Å². The maximum atomic E-state index is 3.59. The van der Waals surface area contributed by atoms with Crippen LogP contribution >= 0.6 is 15.9 Å². The molecule has 0 N–H and O–H groups in total. The summed E-state index contributed by atoms with van der Waals surface area (Å²) in [5.41, 5.74) is 0. The van der Waals surface area contributed by atoms with Crippen molar-refractivity contribution in [2.24, 2.45) is 0 Å². The molecule has 0 amide bonds. The zero-order valence-electron chi connectivity index (χ0n) is 9.82. The molecule has 0 fully saturated rings. The van der Waals surface area contributed by atoms with Crippen molar-refractivity contribution in [1.82, 2.24) is 0 Å². The lowest BCUT2D eigenvalue weighted by atomic mass is 10.1. The van der Waals surface area contributed by atoms with E-state index in [1.54, 1.807) is 0 Å². The van der Waals surface area contributed by atoms with E-state index in [0.717, 1.165) is 6.42 Å². The first-order valence-corrected chi connectivity index (χ1v) is 6.95. The summed E-state index contributed by atoms with van der Waals surface area (Å²) in [6.07, 6.45) is 14.5. The number of halogens is 1. The molecule has 0 saturated carbocycles. The SMILES string of the molecule is CC/C=C(/Br)CCCCCCCCC. The van der Waals surface area contributed by atoms with Crippen molar-refractivity contribution in [3.8, 4) is 0 Å². The molecule has 1 heteroatoms. The Morgan fingerprint density at radius 3 is 2.07 bits per heavy atom. The fourth-order valence-electron chi connectivity index (χ4n) is 1.57. The average Bonchev–Trinajstić information content (AvgIpc) is 2.17. The Balaban J connectivity index is 3.09. The van der Waals surface area contributed by atoms with Gasteiger partial charge in [-0.1, -0.05) is 74.4 Å².